The third kappa shape index (κ3) is 3.38. The molecular weight excluding hydrogens is 304 g/mol. The van der Waals surface area contributed by atoms with Gasteiger partial charge in [-0.2, -0.15) is 0 Å². The maximum atomic E-state index is 4.48. The van der Waals surface area contributed by atoms with Crippen molar-refractivity contribution in [1.29, 1.82) is 0 Å². The van der Waals surface area contributed by atoms with Crippen LogP contribution >= 0.6 is 15.9 Å². The molecule has 1 N–H and O–H groups in total. The zero-order chi connectivity index (χ0) is 13.8. The number of hydrogen-bond acceptors (Lipinski definition) is 4. The Labute approximate surface area is 124 Å². The quantitative estimate of drug-likeness (QED) is 0.916. The monoisotopic (exact) mass is 326 g/mol. The number of piperidine rings is 1. The summed E-state index contributed by atoms with van der Waals surface area (Å²) >= 11 is 3.67. The number of hydrogen-bond donors (Lipinski definition) is 1. The van der Waals surface area contributed by atoms with Gasteiger partial charge >= 0.3 is 0 Å². The molecule has 0 amide bonds. The van der Waals surface area contributed by atoms with E-state index in [1.807, 2.05) is 0 Å². The molecule has 2 rings (SSSR count). The smallest absolute Gasteiger partial charge is 0.148 e. The van der Waals surface area contributed by atoms with Gasteiger partial charge in [0.1, 0.15) is 22.4 Å². The highest BCUT2D eigenvalue weighted by Crippen LogP contribution is 2.34. The fourth-order valence-electron chi connectivity index (χ4n) is 2.51. The molecule has 0 aliphatic carbocycles. The van der Waals surface area contributed by atoms with Crippen LogP contribution in [-0.2, 0) is 0 Å². The Balaban J connectivity index is 2.23. The lowest BCUT2D eigenvalue weighted by Crippen LogP contribution is -2.41. The summed E-state index contributed by atoms with van der Waals surface area (Å²) in [5, 5.41) is 3.34. The summed E-state index contributed by atoms with van der Waals surface area (Å²) in [6.07, 6.45) is 5.28. The second-order valence-corrected chi connectivity index (χ2v) is 6.26. The van der Waals surface area contributed by atoms with E-state index in [2.05, 4.69) is 56.9 Å². The molecule has 2 atom stereocenters. The SMILES string of the molecule is CCCNc1ncnc(N2CC(C)CCC2C)c1Br. The van der Waals surface area contributed by atoms with E-state index in [0.29, 0.717) is 6.04 Å². The topological polar surface area (TPSA) is 41.1 Å². The first-order valence-corrected chi connectivity index (χ1v) is 7.93. The number of aromatic nitrogens is 2. The minimum absolute atomic E-state index is 0.543. The average Bonchev–Trinajstić information content (AvgIpc) is 2.41. The molecule has 106 valence electrons. The normalized spacial score (nSPS) is 23.5. The minimum atomic E-state index is 0.543. The van der Waals surface area contributed by atoms with Crippen molar-refractivity contribution in [3.63, 3.8) is 0 Å². The number of halogens is 1. The zero-order valence-electron chi connectivity index (χ0n) is 12.0. The average molecular weight is 327 g/mol. The molecule has 0 aromatic carbocycles. The van der Waals surface area contributed by atoms with Gasteiger partial charge in [0.05, 0.1) is 0 Å². The second kappa shape index (κ2) is 6.55. The van der Waals surface area contributed by atoms with E-state index in [9.17, 15) is 0 Å². The number of rotatable bonds is 4. The van der Waals surface area contributed by atoms with Crippen LogP contribution in [0.15, 0.2) is 10.8 Å². The number of anilines is 2. The van der Waals surface area contributed by atoms with Gasteiger partial charge in [0.15, 0.2) is 0 Å². The van der Waals surface area contributed by atoms with E-state index in [4.69, 9.17) is 0 Å². The van der Waals surface area contributed by atoms with Gasteiger partial charge < -0.3 is 10.2 Å². The second-order valence-electron chi connectivity index (χ2n) is 5.47. The molecule has 1 aromatic rings. The predicted octanol–water partition coefficient (Wildman–Crippen LogP) is 3.69. The third-order valence-electron chi connectivity index (χ3n) is 3.70. The zero-order valence-corrected chi connectivity index (χ0v) is 13.6. The van der Waals surface area contributed by atoms with Crippen molar-refractivity contribution in [2.45, 2.75) is 46.1 Å². The minimum Gasteiger partial charge on any atom is -0.369 e. The Morgan fingerprint density at radius 3 is 2.89 bits per heavy atom. The highest BCUT2D eigenvalue weighted by Gasteiger charge is 2.26. The van der Waals surface area contributed by atoms with Crippen molar-refractivity contribution in [3.05, 3.63) is 10.8 Å². The Morgan fingerprint density at radius 1 is 1.37 bits per heavy atom. The van der Waals surface area contributed by atoms with Gasteiger partial charge in [-0.05, 0) is 48.0 Å². The molecule has 1 aromatic heterocycles. The van der Waals surface area contributed by atoms with Gasteiger partial charge in [0, 0.05) is 19.1 Å². The molecule has 0 bridgehead atoms. The molecule has 1 saturated heterocycles. The summed E-state index contributed by atoms with van der Waals surface area (Å²) in [5.74, 6) is 2.65. The Bertz CT molecular complexity index is 424. The summed E-state index contributed by atoms with van der Waals surface area (Å²) in [7, 11) is 0. The molecule has 4 nitrogen and oxygen atoms in total. The summed E-state index contributed by atoms with van der Waals surface area (Å²) in [4.78, 5) is 11.2. The molecule has 0 spiro atoms. The van der Waals surface area contributed by atoms with Crippen molar-refractivity contribution in [1.82, 2.24) is 9.97 Å². The predicted molar refractivity (Wildman–Crippen MR) is 83.7 cm³/mol. The van der Waals surface area contributed by atoms with Crippen molar-refractivity contribution >= 4 is 27.6 Å². The molecule has 5 heteroatoms. The fraction of sp³-hybridized carbons (Fsp3) is 0.714. The Morgan fingerprint density at radius 2 is 2.16 bits per heavy atom. The van der Waals surface area contributed by atoms with Crippen molar-refractivity contribution in [3.8, 4) is 0 Å². The van der Waals surface area contributed by atoms with Crippen LogP contribution in [0.25, 0.3) is 0 Å². The highest BCUT2D eigenvalue weighted by atomic mass is 79.9. The Hall–Kier alpha value is -0.840. The molecule has 1 aliphatic heterocycles. The van der Waals surface area contributed by atoms with Crippen LogP contribution in [0.4, 0.5) is 11.6 Å². The van der Waals surface area contributed by atoms with E-state index in [1.165, 1.54) is 12.8 Å². The van der Waals surface area contributed by atoms with E-state index in [-0.39, 0.29) is 0 Å². The van der Waals surface area contributed by atoms with Gasteiger partial charge in [-0.1, -0.05) is 13.8 Å². The van der Waals surface area contributed by atoms with Crippen LogP contribution in [-0.4, -0.2) is 29.1 Å². The van der Waals surface area contributed by atoms with Crippen LogP contribution in [0.1, 0.15) is 40.0 Å². The molecule has 2 heterocycles. The molecule has 1 aliphatic rings. The van der Waals surface area contributed by atoms with Gasteiger partial charge in [-0.25, -0.2) is 9.97 Å². The van der Waals surface area contributed by atoms with Gasteiger partial charge in [0.25, 0.3) is 0 Å². The summed E-state index contributed by atoms with van der Waals surface area (Å²) < 4.78 is 0.990. The number of nitrogens with one attached hydrogen (secondary N) is 1. The Kier molecular flexibility index (Phi) is 5.02. The van der Waals surface area contributed by atoms with Crippen molar-refractivity contribution < 1.29 is 0 Å². The number of nitrogens with zero attached hydrogens (tertiary/aromatic N) is 3. The van der Waals surface area contributed by atoms with E-state index in [1.54, 1.807) is 6.33 Å². The molecular formula is C14H23BrN4. The van der Waals surface area contributed by atoms with Crippen LogP contribution in [0, 0.1) is 5.92 Å². The van der Waals surface area contributed by atoms with Gasteiger partial charge in [-0.3, -0.25) is 0 Å². The molecule has 19 heavy (non-hydrogen) atoms. The standard InChI is InChI=1S/C14H23BrN4/c1-4-7-16-13-12(15)14(18-9-17-13)19-8-10(2)5-6-11(19)3/h9-11H,4-8H2,1-3H3,(H,16,17,18). The molecule has 1 fully saturated rings. The highest BCUT2D eigenvalue weighted by molar-refractivity contribution is 9.10. The van der Waals surface area contributed by atoms with Crippen LogP contribution < -0.4 is 10.2 Å². The molecule has 0 radical (unpaired) electrons. The van der Waals surface area contributed by atoms with Crippen LogP contribution in [0.3, 0.4) is 0 Å². The first-order chi connectivity index (χ1) is 9.13. The third-order valence-corrected chi connectivity index (χ3v) is 4.43. The summed E-state index contributed by atoms with van der Waals surface area (Å²) in [6, 6.07) is 0.543. The lowest BCUT2D eigenvalue weighted by Gasteiger charge is -2.38. The van der Waals surface area contributed by atoms with Crippen LogP contribution in [0.2, 0.25) is 0 Å². The van der Waals surface area contributed by atoms with E-state index in [0.717, 1.165) is 41.5 Å². The van der Waals surface area contributed by atoms with E-state index < -0.39 is 0 Å². The molecule has 2 unspecified atom stereocenters. The van der Waals surface area contributed by atoms with Gasteiger partial charge in [-0.15, -0.1) is 0 Å². The van der Waals surface area contributed by atoms with Crippen LogP contribution in [0.5, 0.6) is 0 Å². The lowest BCUT2D eigenvalue weighted by molar-refractivity contribution is 0.387. The first-order valence-electron chi connectivity index (χ1n) is 7.14. The fourth-order valence-corrected chi connectivity index (χ4v) is 3.08. The van der Waals surface area contributed by atoms with Gasteiger partial charge in [0.2, 0.25) is 0 Å². The summed E-state index contributed by atoms with van der Waals surface area (Å²) in [6.45, 7) is 8.74. The largest absolute Gasteiger partial charge is 0.369 e. The lowest BCUT2D eigenvalue weighted by atomic mass is 9.95. The first kappa shape index (κ1) is 14.6. The maximum Gasteiger partial charge on any atom is 0.148 e. The van der Waals surface area contributed by atoms with Crippen molar-refractivity contribution in [2.75, 3.05) is 23.3 Å². The van der Waals surface area contributed by atoms with E-state index >= 15 is 0 Å². The summed E-state index contributed by atoms with van der Waals surface area (Å²) in [5.41, 5.74) is 0. The molecule has 0 saturated carbocycles. The maximum absolute atomic E-state index is 4.48. The van der Waals surface area contributed by atoms with Crippen molar-refractivity contribution in [2.24, 2.45) is 5.92 Å².